The number of halogens is 4. The molecule has 0 saturated carbocycles. The third-order valence-electron chi connectivity index (χ3n) is 8.60. The smallest absolute Gasteiger partial charge is 0.370 e. The summed E-state index contributed by atoms with van der Waals surface area (Å²) in [6.07, 6.45) is -2.77. The number of nitrogens with one attached hydrogen (secondary N) is 1. The number of carbonyl (C=O) groups excluding carboxylic acids is 3. The number of guanidine groups is 1. The summed E-state index contributed by atoms with van der Waals surface area (Å²) in [6.45, 7) is 2.20. The average Bonchev–Trinajstić information content (AvgIpc) is 3.63. The Morgan fingerprint density at radius 3 is 2.62 bits per heavy atom. The maximum Gasteiger partial charge on any atom is 0.433 e. The quantitative estimate of drug-likeness (QED) is 0.0918. The number of ketones is 1. The van der Waals surface area contributed by atoms with Crippen LogP contribution in [-0.2, 0) is 15.8 Å². The van der Waals surface area contributed by atoms with E-state index in [9.17, 15) is 27.6 Å². The number of aliphatic imine (C=N–C) groups is 1. The third-order valence-corrected chi connectivity index (χ3v) is 11.2. The zero-order valence-electron chi connectivity index (χ0n) is 25.7. The fourth-order valence-electron chi connectivity index (χ4n) is 6.20. The molecule has 2 saturated heterocycles. The number of para-hydroxylation sites is 1. The van der Waals surface area contributed by atoms with Crippen LogP contribution in [0, 0.1) is 0 Å². The lowest BCUT2D eigenvalue weighted by Gasteiger charge is -2.44. The third kappa shape index (κ3) is 7.08. The SMILES string of the molecule is C[C@]12CC[C@@H](c3ccc4nc(C(F)(F)F)ccc4c3)C(=O)N1[C@H](C(=O)NC(CCCN=C(N)N)C(=O)c1nc3ccccc3s1)CS2.Cl. The van der Waals surface area contributed by atoms with Gasteiger partial charge in [-0.1, -0.05) is 24.3 Å². The van der Waals surface area contributed by atoms with E-state index in [1.165, 1.54) is 35.2 Å². The molecule has 4 atom stereocenters. The minimum absolute atomic E-state index is 0. The van der Waals surface area contributed by atoms with Crippen molar-refractivity contribution in [1.82, 2.24) is 20.2 Å². The molecular formula is C32H33ClF3N7O3S2. The van der Waals surface area contributed by atoms with E-state index in [1.54, 1.807) is 17.0 Å². The number of Topliss-reactive ketones (excluding diaryl/α,β-unsaturated/α-hetero) is 1. The Morgan fingerprint density at radius 2 is 1.90 bits per heavy atom. The van der Waals surface area contributed by atoms with Gasteiger partial charge in [-0.25, -0.2) is 9.97 Å². The van der Waals surface area contributed by atoms with Gasteiger partial charge in [0.1, 0.15) is 11.7 Å². The number of carbonyl (C=O) groups is 3. The number of benzene rings is 2. The second kappa shape index (κ2) is 13.9. The van der Waals surface area contributed by atoms with Crippen LogP contribution in [0.5, 0.6) is 0 Å². The van der Waals surface area contributed by atoms with E-state index in [0.29, 0.717) is 41.5 Å². The van der Waals surface area contributed by atoms with Gasteiger partial charge < -0.3 is 21.7 Å². The van der Waals surface area contributed by atoms with Gasteiger partial charge in [0.05, 0.1) is 32.6 Å². The Labute approximate surface area is 288 Å². The van der Waals surface area contributed by atoms with Gasteiger partial charge in [0.15, 0.2) is 11.0 Å². The number of nitrogens with two attached hydrogens (primary N) is 2. The Hall–Kier alpha value is -3.95. The zero-order chi connectivity index (χ0) is 33.5. The van der Waals surface area contributed by atoms with Gasteiger partial charge in [0, 0.05) is 17.7 Å². The summed E-state index contributed by atoms with van der Waals surface area (Å²) in [5.41, 5.74) is 11.4. The molecule has 4 aromatic rings. The van der Waals surface area contributed by atoms with Crippen LogP contribution in [0.2, 0.25) is 0 Å². The normalized spacial score (nSPS) is 21.4. The molecule has 6 rings (SSSR count). The van der Waals surface area contributed by atoms with Crippen LogP contribution in [0.1, 0.15) is 59.6 Å². The summed E-state index contributed by atoms with van der Waals surface area (Å²) in [5.74, 6) is -1.35. The van der Waals surface area contributed by atoms with Crippen molar-refractivity contribution in [2.24, 2.45) is 16.5 Å². The van der Waals surface area contributed by atoms with E-state index >= 15 is 0 Å². The second-order valence-electron chi connectivity index (χ2n) is 11.8. The largest absolute Gasteiger partial charge is 0.433 e. The molecule has 2 amide bonds. The first-order valence-electron chi connectivity index (χ1n) is 15.0. The lowest BCUT2D eigenvalue weighted by atomic mass is 9.85. The highest BCUT2D eigenvalue weighted by atomic mass is 35.5. The fraction of sp³-hybridized carbons (Fsp3) is 0.375. The highest BCUT2D eigenvalue weighted by Crippen LogP contribution is 2.49. The van der Waals surface area contributed by atoms with Gasteiger partial charge >= 0.3 is 6.18 Å². The van der Waals surface area contributed by atoms with Crippen molar-refractivity contribution in [1.29, 1.82) is 0 Å². The Bertz CT molecular complexity index is 1870. The Kier molecular flexibility index (Phi) is 10.2. The monoisotopic (exact) mass is 719 g/mol. The molecule has 2 aliphatic rings. The van der Waals surface area contributed by atoms with Gasteiger partial charge in [0.25, 0.3) is 0 Å². The molecule has 4 heterocycles. The van der Waals surface area contributed by atoms with E-state index in [1.807, 2.05) is 31.2 Å². The summed E-state index contributed by atoms with van der Waals surface area (Å²) < 4.78 is 40.4. The van der Waals surface area contributed by atoms with Gasteiger partial charge in [-0.3, -0.25) is 19.4 Å². The van der Waals surface area contributed by atoms with Gasteiger partial charge in [-0.2, -0.15) is 13.2 Å². The minimum atomic E-state index is -4.57. The van der Waals surface area contributed by atoms with E-state index in [2.05, 4.69) is 20.3 Å². The first kappa shape index (κ1) is 35.4. The van der Waals surface area contributed by atoms with Crippen LogP contribution in [-0.4, -0.2) is 67.7 Å². The number of rotatable bonds is 9. The standard InChI is InChI=1S/C32H32F3N7O3S2.ClH/c1-31-13-12-19(17-8-10-20-18(15-17)9-11-25(39-20)32(33,34)35)29(45)42(31)23(16-46-31)27(44)40-22(6-4-14-38-30(36)37)26(43)28-41-21-5-2-3-7-24(21)47-28;/h2-3,5,7-11,15,19,22-23H,4,6,12-14,16H2,1H3,(H,40,44)(H4,36,37,38);1H/t19-,22?,23-,31-;/m0./s1. The van der Waals surface area contributed by atoms with Crippen molar-refractivity contribution in [2.75, 3.05) is 12.3 Å². The van der Waals surface area contributed by atoms with Crippen LogP contribution in [0.4, 0.5) is 13.2 Å². The Balaban J connectivity index is 0.00000451. The number of pyridine rings is 1. The fourth-order valence-corrected chi connectivity index (χ4v) is 8.60. The van der Waals surface area contributed by atoms with Crippen LogP contribution < -0.4 is 16.8 Å². The average molecular weight is 720 g/mol. The summed E-state index contributed by atoms with van der Waals surface area (Å²) >= 11 is 2.77. The minimum Gasteiger partial charge on any atom is -0.370 e. The molecule has 48 heavy (non-hydrogen) atoms. The highest BCUT2D eigenvalue weighted by Gasteiger charge is 2.54. The topological polar surface area (TPSA) is 157 Å². The number of hydrogen-bond acceptors (Lipinski definition) is 8. The number of thiazole rings is 1. The van der Waals surface area contributed by atoms with Gasteiger partial charge in [0.2, 0.25) is 17.6 Å². The summed E-state index contributed by atoms with van der Waals surface area (Å²) in [7, 11) is 0. The molecule has 0 radical (unpaired) electrons. The molecule has 0 spiro atoms. The van der Waals surface area contributed by atoms with Crippen LogP contribution in [0.3, 0.4) is 0 Å². The molecule has 0 bridgehead atoms. The molecule has 1 unspecified atom stereocenters. The molecule has 10 nitrogen and oxygen atoms in total. The van der Waals surface area contributed by atoms with E-state index in [-0.39, 0.29) is 53.5 Å². The molecular weight excluding hydrogens is 687 g/mol. The predicted octanol–water partition coefficient (Wildman–Crippen LogP) is 5.24. The summed E-state index contributed by atoms with van der Waals surface area (Å²) in [4.78, 5) is 55.0. The zero-order valence-corrected chi connectivity index (χ0v) is 28.1. The molecule has 16 heteroatoms. The lowest BCUT2D eigenvalue weighted by Crippen LogP contribution is -2.59. The van der Waals surface area contributed by atoms with Crippen molar-refractivity contribution in [3.05, 3.63) is 70.9 Å². The predicted molar refractivity (Wildman–Crippen MR) is 183 cm³/mol. The van der Waals surface area contributed by atoms with Crippen LogP contribution in [0.15, 0.2) is 59.6 Å². The molecule has 2 aromatic heterocycles. The highest BCUT2D eigenvalue weighted by molar-refractivity contribution is 8.00. The number of nitrogens with zero attached hydrogens (tertiary/aromatic N) is 4. The molecule has 254 valence electrons. The molecule has 2 fully saturated rings. The van der Waals surface area contributed by atoms with Gasteiger partial charge in [-0.05, 0) is 68.5 Å². The maximum atomic E-state index is 14.1. The number of amides is 2. The van der Waals surface area contributed by atoms with Crippen molar-refractivity contribution >= 4 is 80.2 Å². The number of aromatic nitrogens is 2. The van der Waals surface area contributed by atoms with Crippen LogP contribution in [0.25, 0.3) is 21.1 Å². The maximum absolute atomic E-state index is 14.1. The Morgan fingerprint density at radius 1 is 1.12 bits per heavy atom. The number of hydrogen-bond donors (Lipinski definition) is 3. The van der Waals surface area contributed by atoms with Crippen LogP contribution >= 0.6 is 35.5 Å². The molecule has 5 N–H and O–H groups in total. The van der Waals surface area contributed by atoms with Crippen molar-refractivity contribution in [2.45, 2.75) is 61.7 Å². The lowest BCUT2D eigenvalue weighted by molar-refractivity contribution is -0.146. The number of alkyl halides is 3. The molecule has 0 aliphatic carbocycles. The van der Waals surface area contributed by atoms with Crippen molar-refractivity contribution < 1.29 is 27.6 Å². The first-order valence-corrected chi connectivity index (χ1v) is 16.8. The first-order chi connectivity index (χ1) is 22.3. The molecule has 2 aromatic carbocycles. The van der Waals surface area contributed by atoms with Crippen molar-refractivity contribution in [3.63, 3.8) is 0 Å². The van der Waals surface area contributed by atoms with Crippen molar-refractivity contribution in [3.8, 4) is 0 Å². The van der Waals surface area contributed by atoms with E-state index in [4.69, 9.17) is 11.5 Å². The summed E-state index contributed by atoms with van der Waals surface area (Å²) in [5, 5.41) is 3.67. The number of fused-ring (bicyclic) bond motifs is 3. The number of piperidine rings is 1. The molecule has 2 aliphatic heterocycles. The number of thioether (sulfide) groups is 1. The summed E-state index contributed by atoms with van der Waals surface area (Å²) in [6, 6.07) is 12.7. The van der Waals surface area contributed by atoms with E-state index < -0.39 is 40.6 Å². The van der Waals surface area contributed by atoms with Gasteiger partial charge in [-0.15, -0.1) is 35.5 Å². The second-order valence-corrected chi connectivity index (χ2v) is 14.3. The van der Waals surface area contributed by atoms with E-state index in [0.717, 1.165) is 10.8 Å².